The molecular weight excluding hydrogens is 456 g/mol. The van der Waals surface area contributed by atoms with E-state index in [9.17, 15) is 9.59 Å². The highest BCUT2D eigenvalue weighted by molar-refractivity contribution is 7.21. The van der Waals surface area contributed by atoms with Crippen LogP contribution in [0, 0.1) is 6.92 Å². The minimum absolute atomic E-state index is 0.0306. The standard InChI is InChI=1S/C28H32N4O2S/c1-19-5-10-23-25(17-19)35-27(29-23)20-6-8-22(9-7-20)32-26(33)18-24(28(32)34)31-15-11-21(12-16-31)30-13-3-2-4-14-30/h5-10,17,21,24H,2-4,11-16,18H2,1H3/p+2/t24-/m0/s1. The van der Waals surface area contributed by atoms with Gasteiger partial charge in [0.05, 0.1) is 54.5 Å². The van der Waals surface area contributed by atoms with Gasteiger partial charge in [-0.2, -0.15) is 0 Å². The van der Waals surface area contributed by atoms with Gasteiger partial charge in [-0.1, -0.05) is 6.07 Å². The number of likely N-dealkylation sites (tertiary alicyclic amines) is 2. The van der Waals surface area contributed by atoms with Crippen molar-refractivity contribution in [2.75, 3.05) is 31.1 Å². The molecule has 0 spiro atoms. The van der Waals surface area contributed by atoms with Crippen LogP contribution in [0.2, 0.25) is 0 Å². The summed E-state index contributed by atoms with van der Waals surface area (Å²) in [5.41, 5.74) is 3.91. The highest BCUT2D eigenvalue weighted by Crippen LogP contribution is 2.32. The fourth-order valence-corrected chi connectivity index (χ4v) is 7.36. The van der Waals surface area contributed by atoms with Crippen LogP contribution in [0.4, 0.5) is 5.69 Å². The van der Waals surface area contributed by atoms with Crippen LogP contribution < -0.4 is 14.7 Å². The SMILES string of the molecule is Cc1ccc2nc(-c3ccc(N4C(=O)C[C@H]([NH+]5CCC([NH+]6CCCCC6)CC5)C4=O)cc3)sc2c1. The molecule has 3 saturated heterocycles. The van der Waals surface area contributed by atoms with Crippen LogP contribution >= 0.6 is 11.3 Å². The molecule has 0 radical (unpaired) electrons. The molecule has 2 amide bonds. The number of imide groups is 1. The summed E-state index contributed by atoms with van der Waals surface area (Å²) in [5, 5.41) is 0.956. The van der Waals surface area contributed by atoms with E-state index in [1.165, 1.54) is 65.3 Å². The minimum Gasteiger partial charge on any atom is -0.332 e. The fourth-order valence-electron chi connectivity index (χ4n) is 6.29. The number of nitrogens with zero attached hydrogens (tertiary/aromatic N) is 2. The van der Waals surface area contributed by atoms with E-state index in [0.717, 1.165) is 35.2 Å². The summed E-state index contributed by atoms with van der Waals surface area (Å²) in [7, 11) is 0. The Morgan fingerprint density at radius 1 is 0.914 bits per heavy atom. The first-order valence-electron chi connectivity index (χ1n) is 13.1. The maximum atomic E-state index is 13.4. The molecule has 3 aromatic rings. The lowest BCUT2D eigenvalue weighted by Crippen LogP contribution is -3.22. The Bertz CT molecular complexity index is 1240. The Hall–Kier alpha value is -2.61. The second-order valence-electron chi connectivity index (χ2n) is 10.5. The molecular formula is C28H34N4O2S+2. The zero-order chi connectivity index (χ0) is 23.9. The monoisotopic (exact) mass is 490 g/mol. The van der Waals surface area contributed by atoms with Gasteiger partial charge < -0.3 is 9.80 Å². The van der Waals surface area contributed by atoms with Crippen LogP contribution in [0.3, 0.4) is 0 Å². The second kappa shape index (κ2) is 9.45. The Kier molecular flexibility index (Phi) is 6.16. The number of anilines is 1. The van der Waals surface area contributed by atoms with E-state index >= 15 is 0 Å². The van der Waals surface area contributed by atoms with Crippen LogP contribution in [-0.2, 0) is 9.59 Å². The first-order valence-corrected chi connectivity index (χ1v) is 13.9. The molecule has 3 fully saturated rings. The Morgan fingerprint density at radius 2 is 1.66 bits per heavy atom. The van der Waals surface area contributed by atoms with Gasteiger partial charge >= 0.3 is 0 Å². The average molecular weight is 491 g/mol. The third-order valence-corrected chi connectivity index (χ3v) is 9.32. The molecule has 7 heteroatoms. The Balaban J connectivity index is 1.13. The molecule has 2 aromatic carbocycles. The summed E-state index contributed by atoms with van der Waals surface area (Å²) in [6.07, 6.45) is 6.74. The van der Waals surface area contributed by atoms with Gasteiger partial charge in [-0.25, -0.2) is 9.88 Å². The average Bonchev–Trinajstić information content (AvgIpc) is 3.44. The van der Waals surface area contributed by atoms with Crippen LogP contribution in [0.25, 0.3) is 20.8 Å². The van der Waals surface area contributed by atoms with Crippen molar-refractivity contribution in [3.05, 3.63) is 48.0 Å². The number of carbonyl (C=O) groups excluding carboxylic acids is 2. The first-order chi connectivity index (χ1) is 17.1. The van der Waals surface area contributed by atoms with Crippen LogP contribution in [-0.4, -0.2) is 55.1 Å². The van der Waals surface area contributed by atoms with Gasteiger partial charge in [0.2, 0.25) is 5.91 Å². The molecule has 6 nitrogen and oxygen atoms in total. The Labute approximate surface area is 210 Å². The van der Waals surface area contributed by atoms with E-state index in [2.05, 4.69) is 25.1 Å². The van der Waals surface area contributed by atoms with Crippen LogP contribution in [0.5, 0.6) is 0 Å². The zero-order valence-electron chi connectivity index (χ0n) is 20.4. The predicted octanol–water partition coefficient (Wildman–Crippen LogP) is 2.02. The molecule has 3 aliphatic rings. The summed E-state index contributed by atoms with van der Waals surface area (Å²) in [6, 6.07) is 14.5. The number of piperidine rings is 2. The highest BCUT2D eigenvalue weighted by atomic mass is 32.1. The van der Waals surface area contributed by atoms with Crippen LogP contribution in [0.1, 0.15) is 44.1 Å². The third-order valence-electron chi connectivity index (χ3n) is 8.26. The zero-order valence-corrected chi connectivity index (χ0v) is 21.2. The van der Waals surface area contributed by atoms with E-state index in [1.807, 2.05) is 24.3 Å². The van der Waals surface area contributed by atoms with Crippen molar-refractivity contribution in [1.82, 2.24) is 4.98 Å². The molecule has 4 heterocycles. The summed E-state index contributed by atoms with van der Waals surface area (Å²) in [6.45, 7) is 6.70. The molecule has 1 atom stereocenters. The number of amides is 2. The summed E-state index contributed by atoms with van der Waals surface area (Å²) in [5.74, 6) is -0.100. The molecule has 0 aliphatic carbocycles. The van der Waals surface area contributed by atoms with Gasteiger partial charge in [-0.05, 0) is 68.1 Å². The minimum atomic E-state index is -0.230. The van der Waals surface area contributed by atoms with Gasteiger partial charge in [0.15, 0.2) is 6.04 Å². The molecule has 0 unspecified atom stereocenters. The Morgan fingerprint density at radius 3 is 2.40 bits per heavy atom. The van der Waals surface area contributed by atoms with Gasteiger partial charge in [0.25, 0.3) is 5.91 Å². The number of rotatable bonds is 4. The van der Waals surface area contributed by atoms with Crippen molar-refractivity contribution in [3.63, 3.8) is 0 Å². The maximum Gasteiger partial charge on any atom is 0.292 e. The fraction of sp³-hybridized carbons (Fsp3) is 0.464. The van der Waals surface area contributed by atoms with Gasteiger partial charge in [-0.3, -0.25) is 9.59 Å². The van der Waals surface area contributed by atoms with Crippen molar-refractivity contribution in [2.45, 2.75) is 57.5 Å². The molecule has 6 rings (SSSR count). The normalized spacial score (nSPS) is 26.1. The number of thiazole rings is 1. The number of carbonyl (C=O) groups is 2. The number of aryl methyl sites for hydroxylation is 1. The van der Waals surface area contributed by atoms with Gasteiger partial charge in [-0.15, -0.1) is 11.3 Å². The number of aromatic nitrogens is 1. The highest BCUT2D eigenvalue weighted by Gasteiger charge is 2.47. The van der Waals surface area contributed by atoms with Crippen molar-refractivity contribution in [2.24, 2.45) is 0 Å². The molecule has 35 heavy (non-hydrogen) atoms. The molecule has 0 saturated carbocycles. The second-order valence-corrected chi connectivity index (χ2v) is 11.5. The first kappa shape index (κ1) is 22.8. The van der Waals surface area contributed by atoms with Crippen molar-refractivity contribution < 1.29 is 19.4 Å². The molecule has 182 valence electrons. The number of fused-ring (bicyclic) bond motifs is 1. The number of quaternary nitrogens is 2. The quantitative estimate of drug-likeness (QED) is 0.551. The van der Waals surface area contributed by atoms with E-state index in [1.54, 1.807) is 16.2 Å². The maximum absolute atomic E-state index is 13.4. The number of hydrogen-bond donors (Lipinski definition) is 2. The number of nitrogens with one attached hydrogen (secondary N) is 2. The summed E-state index contributed by atoms with van der Waals surface area (Å²) < 4.78 is 1.17. The molecule has 3 aliphatic heterocycles. The summed E-state index contributed by atoms with van der Waals surface area (Å²) >= 11 is 1.67. The molecule has 0 bridgehead atoms. The van der Waals surface area contributed by atoms with E-state index in [-0.39, 0.29) is 17.9 Å². The number of benzene rings is 2. The van der Waals surface area contributed by atoms with Crippen molar-refractivity contribution in [3.8, 4) is 10.6 Å². The van der Waals surface area contributed by atoms with Gasteiger partial charge in [0.1, 0.15) is 5.01 Å². The number of hydrogen-bond acceptors (Lipinski definition) is 4. The lowest BCUT2D eigenvalue weighted by molar-refractivity contribution is -0.965. The predicted molar refractivity (Wildman–Crippen MR) is 139 cm³/mol. The van der Waals surface area contributed by atoms with Gasteiger partial charge in [0, 0.05) is 18.4 Å². The topological polar surface area (TPSA) is 59.1 Å². The van der Waals surface area contributed by atoms with E-state index in [4.69, 9.17) is 4.98 Å². The smallest absolute Gasteiger partial charge is 0.292 e. The van der Waals surface area contributed by atoms with E-state index < -0.39 is 0 Å². The van der Waals surface area contributed by atoms with Crippen LogP contribution in [0.15, 0.2) is 42.5 Å². The van der Waals surface area contributed by atoms with Crippen molar-refractivity contribution in [1.29, 1.82) is 0 Å². The third kappa shape index (κ3) is 4.41. The molecule has 2 N–H and O–H groups in total. The van der Waals surface area contributed by atoms with E-state index in [0.29, 0.717) is 12.1 Å². The summed E-state index contributed by atoms with van der Waals surface area (Å²) in [4.78, 5) is 35.6. The van der Waals surface area contributed by atoms with Crippen molar-refractivity contribution >= 4 is 39.1 Å². The lowest BCUT2D eigenvalue weighted by atomic mass is 9.98. The lowest BCUT2D eigenvalue weighted by Gasteiger charge is -2.37. The molecule has 1 aromatic heterocycles. The largest absolute Gasteiger partial charge is 0.332 e.